The van der Waals surface area contributed by atoms with Gasteiger partial charge in [-0.05, 0) is 31.6 Å². The van der Waals surface area contributed by atoms with Crippen LogP contribution in [0.3, 0.4) is 0 Å². The molecule has 84 valence electrons. The van der Waals surface area contributed by atoms with Crippen molar-refractivity contribution in [1.29, 1.82) is 0 Å². The molecular weight excluding hydrogens is 170 g/mol. The van der Waals surface area contributed by atoms with Gasteiger partial charge in [-0.3, -0.25) is 0 Å². The first-order valence-electron chi connectivity index (χ1n) is 6.40. The average Bonchev–Trinajstić information content (AvgIpc) is 2.89. The van der Waals surface area contributed by atoms with Crippen molar-refractivity contribution in [2.75, 3.05) is 6.54 Å². The summed E-state index contributed by atoms with van der Waals surface area (Å²) in [6.45, 7) is 8.24. The van der Waals surface area contributed by atoms with E-state index < -0.39 is 0 Å². The van der Waals surface area contributed by atoms with E-state index in [4.69, 9.17) is 0 Å². The number of unbranched alkanes of at least 4 members (excludes halogenated alkanes) is 3. The Hall–Kier alpha value is -0.0400. The third-order valence-electron chi connectivity index (χ3n) is 3.47. The summed E-state index contributed by atoms with van der Waals surface area (Å²) < 4.78 is 0. The minimum absolute atomic E-state index is 0.664. The van der Waals surface area contributed by atoms with Gasteiger partial charge in [-0.25, -0.2) is 0 Å². The van der Waals surface area contributed by atoms with E-state index in [1.807, 2.05) is 0 Å². The van der Waals surface area contributed by atoms with Gasteiger partial charge in [-0.1, -0.05) is 39.5 Å². The van der Waals surface area contributed by atoms with E-state index in [1.165, 1.54) is 51.5 Å². The lowest BCUT2D eigenvalue weighted by Gasteiger charge is -2.16. The van der Waals surface area contributed by atoms with Gasteiger partial charge in [0.2, 0.25) is 0 Å². The molecule has 1 saturated carbocycles. The van der Waals surface area contributed by atoms with E-state index >= 15 is 0 Å². The predicted octanol–water partition coefficient (Wildman–Crippen LogP) is 3.74. The van der Waals surface area contributed by atoms with Gasteiger partial charge in [0.15, 0.2) is 0 Å². The van der Waals surface area contributed by atoms with E-state index in [0.717, 1.165) is 6.04 Å². The highest BCUT2D eigenvalue weighted by atomic mass is 14.9. The van der Waals surface area contributed by atoms with E-state index in [-0.39, 0.29) is 0 Å². The van der Waals surface area contributed by atoms with Gasteiger partial charge < -0.3 is 5.32 Å². The van der Waals surface area contributed by atoms with Gasteiger partial charge in [0.05, 0.1) is 0 Å². The second-order valence-corrected chi connectivity index (χ2v) is 5.44. The monoisotopic (exact) mass is 197 g/mol. The van der Waals surface area contributed by atoms with Crippen LogP contribution in [0.5, 0.6) is 0 Å². The van der Waals surface area contributed by atoms with Crippen molar-refractivity contribution >= 4 is 0 Å². The molecule has 0 aromatic carbocycles. The molecule has 1 atom stereocenters. The second-order valence-electron chi connectivity index (χ2n) is 5.44. The van der Waals surface area contributed by atoms with Crippen molar-refractivity contribution in [3.8, 4) is 0 Å². The molecule has 14 heavy (non-hydrogen) atoms. The number of hydrogen-bond acceptors (Lipinski definition) is 1. The van der Waals surface area contributed by atoms with Crippen LogP contribution in [0.15, 0.2) is 0 Å². The minimum atomic E-state index is 0.664. The maximum Gasteiger partial charge on any atom is 0.00389 e. The quantitative estimate of drug-likeness (QED) is 0.585. The maximum absolute atomic E-state index is 3.66. The molecule has 0 aromatic heterocycles. The first-order chi connectivity index (χ1) is 6.66. The summed E-state index contributed by atoms with van der Waals surface area (Å²) in [4.78, 5) is 0. The lowest BCUT2D eigenvalue weighted by molar-refractivity contribution is 0.422. The van der Waals surface area contributed by atoms with Gasteiger partial charge in [0.1, 0.15) is 0 Å². The number of nitrogens with one attached hydrogen (secondary N) is 1. The third kappa shape index (κ3) is 4.99. The second kappa shape index (κ2) is 5.75. The first kappa shape index (κ1) is 12.0. The van der Waals surface area contributed by atoms with Crippen LogP contribution in [0.4, 0.5) is 0 Å². The largest absolute Gasteiger partial charge is 0.314 e. The topological polar surface area (TPSA) is 12.0 Å². The summed E-state index contributed by atoms with van der Waals surface area (Å²) >= 11 is 0. The molecule has 0 aliphatic heterocycles. The van der Waals surface area contributed by atoms with Crippen LogP contribution in [-0.4, -0.2) is 12.6 Å². The van der Waals surface area contributed by atoms with E-state index in [2.05, 4.69) is 26.1 Å². The van der Waals surface area contributed by atoms with Crippen LogP contribution < -0.4 is 5.32 Å². The molecule has 1 aliphatic carbocycles. The van der Waals surface area contributed by atoms with Gasteiger partial charge in [0.25, 0.3) is 0 Å². The van der Waals surface area contributed by atoms with Gasteiger partial charge in [-0.15, -0.1) is 0 Å². The van der Waals surface area contributed by atoms with E-state index in [0.29, 0.717) is 5.41 Å². The SMILES string of the molecule is CCCCCCC(C)NCC1(C)CC1. The van der Waals surface area contributed by atoms with E-state index in [1.54, 1.807) is 0 Å². The molecule has 1 nitrogen and oxygen atoms in total. The molecule has 0 saturated heterocycles. The molecular formula is C13H27N. The normalized spacial score (nSPS) is 20.8. The maximum atomic E-state index is 3.66. The van der Waals surface area contributed by atoms with Gasteiger partial charge in [0, 0.05) is 12.6 Å². The van der Waals surface area contributed by atoms with Crippen molar-refractivity contribution in [3.63, 3.8) is 0 Å². The molecule has 1 unspecified atom stereocenters. The Morgan fingerprint density at radius 1 is 1.21 bits per heavy atom. The molecule has 0 radical (unpaired) electrons. The van der Waals surface area contributed by atoms with Crippen molar-refractivity contribution < 1.29 is 0 Å². The Kier molecular flexibility index (Phi) is 4.94. The van der Waals surface area contributed by atoms with Crippen molar-refractivity contribution in [1.82, 2.24) is 5.32 Å². The lowest BCUT2D eigenvalue weighted by atomic mass is 10.1. The average molecular weight is 197 g/mol. The molecule has 1 N–H and O–H groups in total. The fraction of sp³-hybridized carbons (Fsp3) is 1.00. The summed E-state index contributed by atoms with van der Waals surface area (Å²) in [5.74, 6) is 0. The molecule has 0 heterocycles. The smallest absolute Gasteiger partial charge is 0.00389 e. The minimum Gasteiger partial charge on any atom is -0.314 e. The van der Waals surface area contributed by atoms with Crippen molar-refractivity contribution in [3.05, 3.63) is 0 Å². The third-order valence-corrected chi connectivity index (χ3v) is 3.47. The van der Waals surface area contributed by atoms with Crippen molar-refractivity contribution in [2.45, 2.75) is 71.8 Å². The lowest BCUT2D eigenvalue weighted by Crippen LogP contribution is -2.30. The summed E-state index contributed by atoms with van der Waals surface area (Å²) in [6, 6.07) is 0.726. The van der Waals surface area contributed by atoms with Crippen LogP contribution in [0.1, 0.15) is 65.7 Å². The highest BCUT2D eigenvalue weighted by Crippen LogP contribution is 2.44. The van der Waals surface area contributed by atoms with Crippen LogP contribution >= 0.6 is 0 Å². The Balaban J connectivity index is 1.90. The Morgan fingerprint density at radius 3 is 2.50 bits per heavy atom. The summed E-state index contributed by atoms with van der Waals surface area (Å²) in [7, 11) is 0. The zero-order valence-corrected chi connectivity index (χ0v) is 10.2. The highest BCUT2D eigenvalue weighted by Gasteiger charge is 2.36. The summed E-state index contributed by atoms with van der Waals surface area (Å²) in [6.07, 6.45) is 9.80. The summed E-state index contributed by atoms with van der Waals surface area (Å²) in [5.41, 5.74) is 0.664. The Labute approximate surface area is 89.7 Å². The molecule has 0 amide bonds. The molecule has 0 spiro atoms. The van der Waals surface area contributed by atoms with Crippen LogP contribution in [0.25, 0.3) is 0 Å². The Morgan fingerprint density at radius 2 is 1.93 bits per heavy atom. The standard InChI is InChI=1S/C13H27N/c1-4-5-6-7-8-12(2)14-11-13(3)9-10-13/h12,14H,4-11H2,1-3H3. The molecule has 1 aliphatic rings. The molecule has 0 aromatic rings. The summed E-state index contributed by atoms with van der Waals surface area (Å²) in [5, 5.41) is 3.66. The number of hydrogen-bond donors (Lipinski definition) is 1. The Bertz CT molecular complexity index is 149. The molecule has 0 bridgehead atoms. The van der Waals surface area contributed by atoms with Crippen molar-refractivity contribution in [2.24, 2.45) is 5.41 Å². The zero-order valence-electron chi connectivity index (χ0n) is 10.2. The predicted molar refractivity (Wildman–Crippen MR) is 63.6 cm³/mol. The molecule has 1 heteroatoms. The first-order valence-corrected chi connectivity index (χ1v) is 6.40. The van der Waals surface area contributed by atoms with Gasteiger partial charge >= 0.3 is 0 Å². The van der Waals surface area contributed by atoms with E-state index in [9.17, 15) is 0 Å². The zero-order chi connectivity index (χ0) is 10.4. The van der Waals surface area contributed by atoms with Crippen LogP contribution in [0, 0.1) is 5.41 Å². The fourth-order valence-electron chi connectivity index (χ4n) is 1.79. The molecule has 1 rings (SSSR count). The molecule has 1 fully saturated rings. The highest BCUT2D eigenvalue weighted by molar-refractivity contribution is 4.90. The van der Waals surface area contributed by atoms with Crippen LogP contribution in [-0.2, 0) is 0 Å². The van der Waals surface area contributed by atoms with Gasteiger partial charge in [-0.2, -0.15) is 0 Å². The fourth-order valence-corrected chi connectivity index (χ4v) is 1.79. The number of rotatable bonds is 8. The van der Waals surface area contributed by atoms with Crippen LogP contribution in [0.2, 0.25) is 0 Å².